The largest absolute Gasteiger partial charge is 0.481 e. The van der Waals surface area contributed by atoms with E-state index in [1.807, 2.05) is 6.07 Å². The van der Waals surface area contributed by atoms with E-state index in [2.05, 4.69) is 10.3 Å². The van der Waals surface area contributed by atoms with Crippen molar-refractivity contribution in [3.63, 3.8) is 0 Å². The molecule has 6 nitrogen and oxygen atoms in total. The van der Waals surface area contributed by atoms with Crippen LogP contribution in [0.25, 0.3) is 0 Å². The molecule has 0 saturated heterocycles. The molecule has 1 aromatic rings. The van der Waals surface area contributed by atoms with Crippen LogP contribution in [-0.4, -0.2) is 35.8 Å². The minimum atomic E-state index is -0.906. The monoisotopic (exact) mass is 235 g/mol. The van der Waals surface area contributed by atoms with Gasteiger partial charge < -0.3 is 15.2 Å². The van der Waals surface area contributed by atoms with Gasteiger partial charge in [-0.1, -0.05) is 0 Å². The number of anilines is 1. The Morgan fingerprint density at radius 2 is 2.47 bits per heavy atom. The van der Waals surface area contributed by atoms with Gasteiger partial charge in [-0.25, -0.2) is 4.98 Å². The molecule has 0 spiro atoms. The van der Waals surface area contributed by atoms with Gasteiger partial charge in [0.1, 0.15) is 11.8 Å². The van der Waals surface area contributed by atoms with Gasteiger partial charge in [-0.2, -0.15) is 5.26 Å². The van der Waals surface area contributed by atoms with E-state index in [1.54, 1.807) is 12.1 Å². The van der Waals surface area contributed by atoms with Crippen LogP contribution >= 0.6 is 0 Å². The normalized spacial score (nSPS) is 11.5. The van der Waals surface area contributed by atoms with Gasteiger partial charge in [0.15, 0.2) is 0 Å². The maximum absolute atomic E-state index is 10.5. The van der Waals surface area contributed by atoms with E-state index in [0.717, 1.165) is 5.69 Å². The first-order valence-electron chi connectivity index (χ1n) is 5.00. The summed E-state index contributed by atoms with van der Waals surface area (Å²) in [7, 11) is 1.46. The van der Waals surface area contributed by atoms with Crippen LogP contribution in [0.5, 0.6) is 0 Å². The molecule has 0 aliphatic rings. The number of ether oxygens (including phenoxy) is 1. The topological polar surface area (TPSA) is 95.2 Å². The van der Waals surface area contributed by atoms with Crippen molar-refractivity contribution in [2.75, 3.05) is 19.0 Å². The minimum absolute atomic E-state index is 0.0623. The maximum atomic E-state index is 10.5. The van der Waals surface area contributed by atoms with Gasteiger partial charge in [0.25, 0.3) is 0 Å². The Labute approximate surface area is 98.9 Å². The number of hydrogen-bond acceptors (Lipinski definition) is 5. The quantitative estimate of drug-likeness (QED) is 0.759. The number of nitriles is 1. The molecule has 90 valence electrons. The van der Waals surface area contributed by atoms with Gasteiger partial charge in [-0.3, -0.25) is 4.79 Å². The van der Waals surface area contributed by atoms with Crippen molar-refractivity contribution in [1.82, 2.24) is 4.98 Å². The highest BCUT2D eigenvalue weighted by molar-refractivity contribution is 5.67. The predicted molar refractivity (Wildman–Crippen MR) is 60.5 cm³/mol. The van der Waals surface area contributed by atoms with Crippen molar-refractivity contribution >= 4 is 11.7 Å². The first-order chi connectivity index (χ1) is 8.15. The summed E-state index contributed by atoms with van der Waals surface area (Å²) in [5.74, 6) is -0.906. The number of methoxy groups -OCH3 is 1. The molecule has 6 heteroatoms. The maximum Gasteiger partial charge on any atom is 0.306 e. The minimum Gasteiger partial charge on any atom is -0.481 e. The Bertz CT molecular complexity index is 411. The molecule has 0 radical (unpaired) electrons. The lowest BCUT2D eigenvalue weighted by atomic mass is 10.2. The van der Waals surface area contributed by atoms with Crippen molar-refractivity contribution in [2.24, 2.45) is 0 Å². The lowest BCUT2D eigenvalue weighted by molar-refractivity contribution is -0.139. The van der Waals surface area contributed by atoms with Crippen LogP contribution < -0.4 is 5.32 Å². The molecular formula is C11H13N3O3. The van der Waals surface area contributed by atoms with Crippen molar-refractivity contribution < 1.29 is 14.6 Å². The fraction of sp³-hybridized carbons (Fsp3) is 0.364. The Kier molecular flexibility index (Phi) is 4.91. The van der Waals surface area contributed by atoms with Gasteiger partial charge in [-0.15, -0.1) is 0 Å². The summed E-state index contributed by atoms with van der Waals surface area (Å²) in [5.41, 5.74) is 1.06. The average Bonchev–Trinajstić information content (AvgIpc) is 2.34. The van der Waals surface area contributed by atoms with Gasteiger partial charge in [0, 0.05) is 13.7 Å². The third kappa shape index (κ3) is 4.49. The average molecular weight is 235 g/mol. The van der Waals surface area contributed by atoms with Crippen molar-refractivity contribution in [3.05, 3.63) is 24.0 Å². The summed E-state index contributed by atoms with van der Waals surface area (Å²) < 4.78 is 5.01. The zero-order valence-electron chi connectivity index (χ0n) is 9.38. The molecule has 0 aromatic carbocycles. The number of aromatic nitrogens is 1. The van der Waals surface area contributed by atoms with Crippen LogP contribution in [0.15, 0.2) is 18.3 Å². The van der Waals surface area contributed by atoms with Gasteiger partial charge in [0.05, 0.1) is 24.4 Å². The van der Waals surface area contributed by atoms with Crippen molar-refractivity contribution in [3.8, 4) is 6.07 Å². The molecule has 17 heavy (non-hydrogen) atoms. The van der Waals surface area contributed by atoms with Crippen molar-refractivity contribution in [1.29, 1.82) is 5.26 Å². The molecule has 1 unspecified atom stereocenters. The molecule has 0 fully saturated rings. The summed E-state index contributed by atoms with van der Waals surface area (Å²) in [6.45, 7) is 0.371. The van der Waals surface area contributed by atoms with Gasteiger partial charge in [0.2, 0.25) is 0 Å². The first kappa shape index (κ1) is 12.9. The summed E-state index contributed by atoms with van der Waals surface area (Å²) in [4.78, 5) is 14.4. The number of rotatable bonds is 6. The predicted octanol–water partition coefficient (Wildman–Crippen LogP) is 0.855. The Morgan fingerprint density at radius 1 is 1.71 bits per heavy atom. The van der Waals surface area contributed by atoms with E-state index in [0.29, 0.717) is 12.2 Å². The molecule has 0 aliphatic heterocycles. The third-order valence-electron chi connectivity index (χ3n) is 2.15. The number of nitrogens with one attached hydrogen (secondary N) is 1. The molecule has 1 aromatic heterocycles. The SMILES string of the molecule is COC(CNc1ccc(C#N)nc1)CC(=O)O. The van der Waals surface area contributed by atoms with Crippen molar-refractivity contribution in [2.45, 2.75) is 12.5 Å². The molecule has 0 saturated carbocycles. The smallest absolute Gasteiger partial charge is 0.306 e. The number of aliphatic carboxylic acids is 1. The van der Waals surface area contributed by atoms with Gasteiger partial charge >= 0.3 is 5.97 Å². The molecular weight excluding hydrogens is 222 g/mol. The number of carboxylic acids is 1. The molecule has 1 atom stereocenters. The van der Waals surface area contributed by atoms with E-state index in [9.17, 15) is 4.79 Å². The number of hydrogen-bond donors (Lipinski definition) is 2. The van der Waals surface area contributed by atoms with E-state index in [-0.39, 0.29) is 6.42 Å². The summed E-state index contributed by atoms with van der Waals surface area (Å²) in [5, 5.41) is 20.2. The number of nitrogens with zero attached hydrogens (tertiary/aromatic N) is 2. The zero-order valence-corrected chi connectivity index (χ0v) is 9.38. The van der Waals surface area contributed by atoms with Crippen LogP contribution in [0, 0.1) is 11.3 Å². The first-order valence-corrected chi connectivity index (χ1v) is 5.00. The zero-order chi connectivity index (χ0) is 12.7. The van der Waals surface area contributed by atoms with Crippen LogP contribution in [0.3, 0.4) is 0 Å². The fourth-order valence-electron chi connectivity index (χ4n) is 1.23. The number of carboxylic acid groups (broad SMARTS) is 1. The Hall–Kier alpha value is -2.13. The van der Waals surface area contributed by atoms with E-state index < -0.39 is 12.1 Å². The lowest BCUT2D eigenvalue weighted by Gasteiger charge is -2.14. The highest BCUT2D eigenvalue weighted by Crippen LogP contribution is 2.07. The molecule has 2 N–H and O–H groups in total. The van der Waals surface area contributed by atoms with Crippen LogP contribution in [0.1, 0.15) is 12.1 Å². The Morgan fingerprint density at radius 3 is 2.94 bits per heavy atom. The van der Waals surface area contributed by atoms with Crippen LogP contribution in [-0.2, 0) is 9.53 Å². The summed E-state index contributed by atoms with van der Waals surface area (Å²) in [6.07, 6.45) is 1.06. The highest BCUT2D eigenvalue weighted by Gasteiger charge is 2.11. The molecule has 0 bridgehead atoms. The third-order valence-corrected chi connectivity index (χ3v) is 2.15. The molecule has 0 aliphatic carbocycles. The molecule has 1 rings (SSSR count). The van der Waals surface area contributed by atoms with Crippen LogP contribution in [0.2, 0.25) is 0 Å². The Balaban J connectivity index is 2.48. The second-order valence-electron chi connectivity index (χ2n) is 3.38. The highest BCUT2D eigenvalue weighted by atomic mass is 16.5. The van der Waals surface area contributed by atoms with E-state index in [4.69, 9.17) is 15.1 Å². The van der Waals surface area contributed by atoms with Gasteiger partial charge in [-0.05, 0) is 12.1 Å². The second-order valence-corrected chi connectivity index (χ2v) is 3.38. The lowest BCUT2D eigenvalue weighted by Crippen LogP contribution is -2.25. The van der Waals surface area contributed by atoms with Crippen LogP contribution in [0.4, 0.5) is 5.69 Å². The molecule has 1 heterocycles. The van der Waals surface area contributed by atoms with E-state index in [1.165, 1.54) is 13.3 Å². The fourth-order valence-corrected chi connectivity index (χ4v) is 1.23. The standard InChI is InChI=1S/C11H13N3O3/c1-17-10(4-11(15)16)7-14-9-3-2-8(5-12)13-6-9/h2-3,6,10,14H,4,7H2,1H3,(H,15,16). The van der Waals surface area contributed by atoms with E-state index >= 15 is 0 Å². The second kappa shape index (κ2) is 6.45. The number of pyridine rings is 1. The summed E-state index contributed by atoms with van der Waals surface area (Å²) in [6, 6.07) is 5.21. The summed E-state index contributed by atoms with van der Waals surface area (Å²) >= 11 is 0. The molecule has 0 amide bonds. The number of carbonyl (C=O) groups is 1.